The third-order valence-corrected chi connectivity index (χ3v) is 5.34. The molecular weight excluding hydrogens is 324 g/mol. The van der Waals surface area contributed by atoms with Crippen molar-refractivity contribution < 1.29 is 14.3 Å². The Balaban J connectivity index is 1.54. The van der Waals surface area contributed by atoms with Crippen LogP contribution < -0.4 is 14.8 Å². The molecule has 1 atom stereocenters. The number of rotatable bonds is 6. The van der Waals surface area contributed by atoms with Crippen molar-refractivity contribution in [1.29, 1.82) is 0 Å². The lowest BCUT2D eigenvalue weighted by Crippen LogP contribution is -2.35. The number of benzene rings is 1. The number of ether oxygens (including phenoxy) is 2. The highest BCUT2D eigenvalue weighted by Crippen LogP contribution is 2.28. The minimum absolute atomic E-state index is 0.0603. The summed E-state index contributed by atoms with van der Waals surface area (Å²) in [4.78, 5) is 18.0. The molecule has 1 amide bonds. The first-order chi connectivity index (χ1) is 11.7. The van der Waals surface area contributed by atoms with Crippen molar-refractivity contribution in [3.05, 3.63) is 39.8 Å². The predicted octanol–water partition coefficient (Wildman–Crippen LogP) is 2.62. The maximum absolute atomic E-state index is 12.4. The van der Waals surface area contributed by atoms with E-state index < -0.39 is 0 Å². The third kappa shape index (κ3) is 3.70. The Bertz CT molecular complexity index is 714. The van der Waals surface area contributed by atoms with Crippen LogP contribution in [-0.2, 0) is 24.1 Å². The van der Waals surface area contributed by atoms with E-state index in [-0.39, 0.29) is 11.8 Å². The lowest BCUT2D eigenvalue weighted by molar-refractivity contribution is -0.125. The second kappa shape index (κ2) is 7.66. The predicted molar refractivity (Wildman–Crippen MR) is 93.9 cm³/mol. The first kappa shape index (κ1) is 16.8. The zero-order chi connectivity index (χ0) is 16.9. The summed E-state index contributed by atoms with van der Waals surface area (Å²) in [6.45, 7) is 0.592. The summed E-state index contributed by atoms with van der Waals surface area (Å²) >= 11 is 1.65. The van der Waals surface area contributed by atoms with E-state index >= 15 is 0 Å². The zero-order valence-corrected chi connectivity index (χ0v) is 14.8. The average molecular weight is 346 g/mol. The molecule has 0 saturated heterocycles. The van der Waals surface area contributed by atoms with E-state index in [2.05, 4.69) is 10.3 Å². The zero-order valence-electron chi connectivity index (χ0n) is 14.0. The van der Waals surface area contributed by atoms with Gasteiger partial charge in [-0.05, 0) is 49.4 Å². The van der Waals surface area contributed by atoms with Crippen LogP contribution in [-0.4, -0.2) is 31.7 Å². The minimum Gasteiger partial charge on any atom is -0.497 e. The summed E-state index contributed by atoms with van der Waals surface area (Å²) in [5.41, 5.74) is 4.08. The van der Waals surface area contributed by atoms with E-state index in [1.54, 1.807) is 25.6 Å². The summed E-state index contributed by atoms with van der Waals surface area (Å²) < 4.78 is 10.6. The molecule has 0 aliphatic heterocycles. The van der Waals surface area contributed by atoms with Crippen molar-refractivity contribution in [2.24, 2.45) is 5.92 Å². The molecule has 0 bridgehead atoms. The normalized spacial score (nSPS) is 16.3. The molecule has 0 fully saturated rings. The smallest absolute Gasteiger partial charge is 0.223 e. The van der Waals surface area contributed by atoms with Crippen molar-refractivity contribution in [3.8, 4) is 11.5 Å². The fraction of sp³-hybridized carbons (Fsp3) is 0.444. The van der Waals surface area contributed by atoms with E-state index in [0.717, 1.165) is 36.3 Å². The Morgan fingerprint density at radius 1 is 1.38 bits per heavy atom. The van der Waals surface area contributed by atoms with E-state index in [1.807, 2.05) is 23.7 Å². The highest BCUT2D eigenvalue weighted by Gasteiger charge is 2.26. The Kier molecular flexibility index (Phi) is 5.35. The van der Waals surface area contributed by atoms with Crippen LogP contribution in [0.15, 0.2) is 23.7 Å². The Morgan fingerprint density at radius 3 is 3.04 bits per heavy atom. The molecule has 1 N–H and O–H groups in total. The number of amides is 1. The molecule has 0 saturated carbocycles. The molecule has 3 rings (SSSR count). The molecule has 24 heavy (non-hydrogen) atoms. The molecule has 128 valence electrons. The van der Waals surface area contributed by atoms with Gasteiger partial charge < -0.3 is 14.8 Å². The molecule has 1 unspecified atom stereocenters. The van der Waals surface area contributed by atoms with E-state index in [4.69, 9.17) is 9.47 Å². The van der Waals surface area contributed by atoms with Crippen LogP contribution in [0, 0.1) is 5.92 Å². The van der Waals surface area contributed by atoms with Crippen molar-refractivity contribution in [2.75, 3.05) is 20.8 Å². The molecular formula is C18H22N2O3S. The number of methoxy groups -OCH3 is 2. The van der Waals surface area contributed by atoms with Crippen LogP contribution in [0.25, 0.3) is 0 Å². The van der Waals surface area contributed by atoms with Crippen LogP contribution >= 0.6 is 11.3 Å². The lowest BCUT2D eigenvalue weighted by Gasteiger charge is -2.20. The first-order valence-corrected chi connectivity index (χ1v) is 8.99. The van der Waals surface area contributed by atoms with Crippen LogP contribution in [0.4, 0.5) is 0 Å². The van der Waals surface area contributed by atoms with Crippen molar-refractivity contribution in [1.82, 2.24) is 10.3 Å². The van der Waals surface area contributed by atoms with Gasteiger partial charge in [-0.1, -0.05) is 0 Å². The molecule has 1 aromatic carbocycles. The number of nitrogens with one attached hydrogen (secondary N) is 1. The fourth-order valence-corrected chi connectivity index (χ4v) is 3.96. The maximum atomic E-state index is 12.4. The maximum Gasteiger partial charge on any atom is 0.223 e. The molecule has 5 nitrogen and oxygen atoms in total. The molecule has 1 aliphatic carbocycles. The van der Waals surface area contributed by atoms with Gasteiger partial charge in [-0.25, -0.2) is 4.98 Å². The number of thiazole rings is 1. The SMILES string of the molecule is COc1ccc(OC)c(CCNC(=O)C2CCc3ncsc3C2)c1. The Labute approximate surface area is 146 Å². The largest absolute Gasteiger partial charge is 0.497 e. The molecule has 2 aromatic rings. The van der Waals surface area contributed by atoms with Crippen molar-refractivity contribution >= 4 is 17.2 Å². The number of aromatic nitrogens is 1. The molecule has 0 spiro atoms. The summed E-state index contributed by atoms with van der Waals surface area (Å²) in [6.07, 6.45) is 3.31. The summed E-state index contributed by atoms with van der Waals surface area (Å²) in [5, 5.41) is 3.06. The number of aryl methyl sites for hydroxylation is 1. The summed E-state index contributed by atoms with van der Waals surface area (Å²) in [5.74, 6) is 1.81. The van der Waals surface area contributed by atoms with Gasteiger partial charge in [-0.3, -0.25) is 4.79 Å². The standard InChI is InChI=1S/C18H22N2O3S/c1-22-14-4-6-16(23-2)12(9-14)7-8-19-18(21)13-3-5-15-17(10-13)24-11-20-15/h4,6,9,11,13H,3,5,7-8,10H2,1-2H3,(H,19,21). The van der Waals surface area contributed by atoms with Gasteiger partial charge in [-0.15, -0.1) is 11.3 Å². The van der Waals surface area contributed by atoms with Crippen LogP contribution in [0.3, 0.4) is 0 Å². The van der Waals surface area contributed by atoms with Gasteiger partial charge in [-0.2, -0.15) is 0 Å². The molecule has 0 radical (unpaired) electrons. The van der Waals surface area contributed by atoms with Crippen LogP contribution in [0.2, 0.25) is 0 Å². The highest BCUT2D eigenvalue weighted by molar-refractivity contribution is 7.09. The number of hydrogen-bond acceptors (Lipinski definition) is 5. The van der Waals surface area contributed by atoms with Gasteiger partial charge in [0.2, 0.25) is 5.91 Å². The van der Waals surface area contributed by atoms with Crippen molar-refractivity contribution in [2.45, 2.75) is 25.7 Å². The van der Waals surface area contributed by atoms with E-state index in [1.165, 1.54) is 10.6 Å². The van der Waals surface area contributed by atoms with Gasteiger partial charge in [0.25, 0.3) is 0 Å². The second-order valence-corrected chi connectivity index (χ2v) is 6.82. The highest BCUT2D eigenvalue weighted by atomic mass is 32.1. The van der Waals surface area contributed by atoms with Crippen LogP contribution in [0.5, 0.6) is 11.5 Å². The van der Waals surface area contributed by atoms with Gasteiger partial charge in [0.15, 0.2) is 0 Å². The topological polar surface area (TPSA) is 60.5 Å². The molecule has 6 heteroatoms. The number of nitrogens with zero attached hydrogens (tertiary/aromatic N) is 1. The average Bonchev–Trinajstić information content (AvgIpc) is 3.09. The molecule has 1 aliphatic rings. The fourth-order valence-electron chi connectivity index (χ4n) is 3.07. The number of fused-ring (bicyclic) bond motifs is 1. The quantitative estimate of drug-likeness (QED) is 0.873. The van der Waals surface area contributed by atoms with Gasteiger partial charge in [0.05, 0.1) is 25.4 Å². The van der Waals surface area contributed by atoms with Crippen molar-refractivity contribution in [3.63, 3.8) is 0 Å². The Hall–Kier alpha value is -2.08. The number of carbonyl (C=O) groups is 1. The van der Waals surface area contributed by atoms with Gasteiger partial charge >= 0.3 is 0 Å². The lowest BCUT2D eigenvalue weighted by atomic mass is 9.90. The van der Waals surface area contributed by atoms with E-state index in [0.29, 0.717) is 13.0 Å². The third-order valence-electron chi connectivity index (χ3n) is 4.44. The number of hydrogen-bond donors (Lipinski definition) is 1. The second-order valence-electron chi connectivity index (χ2n) is 5.88. The minimum atomic E-state index is 0.0603. The first-order valence-electron chi connectivity index (χ1n) is 8.11. The molecule has 1 aromatic heterocycles. The monoisotopic (exact) mass is 346 g/mol. The van der Waals surface area contributed by atoms with Gasteiger partial charge in [0.1, 0.15) is 11.5 Å². The molecule has 1 heterocycles. The summed E-state index contributed by atoms with van der Waals surface area (Å²) in [7, 11) is 3.29. The van der Waals surface area contributed by atoms with Gasteiger partial charge in [0, 0.05) is 17.3 Å². The number of carbonyl (C=O) groups excluding carboxylic acids is 1. The van der Waals surface area contributed by atoms with Crippen LogP contribution in [0.1, 0.15) is 22.6 Å². The van der Waals surface area contributed by atoms with E-state index in [9.17, 15) is 4.79 Å². The summed E-state index contributed by atoms with van der Waals surface area (Å²) in [6, 6.07) is 5.72. The Morgan fingerprint density at radius 2 is 2.25 bits per heavy atom.